The maximum Gasteiger partial charge on any atom is 0.338 e. The molecule has 1 aromatic carbocycles. The number of guanidine groups is 1. The van der Waals surface area contributed by atoms with E-state index in [4.69, 9.17) is 4.74 Å². The van der Waals surface area contributed by atoms with Crippen LogP contribution in [0, 0.1) is 0 Å². The Balaban J connectivity index is 0.00000364. The number of amides is 1. The first kappa shape index (κ1) is 23.2. The fourth-order valence-corrected chi connectivity index (χ4v) is 2.71. The quantitative estimate of drug-likeness (QED) is 0.266. The lowest BCUT2D eigenvalue weighted by Gasteiger charge is -2.17. The Morgan fingerprint density at radius 1 is 1.11 bits per heavy atom. The first-order valence-corrected chi connectivity index (χ1v) is 9.20. The van der Waals surface area contributed by atoms with E-state index in [1.54, 1.807) is 19.1 Å². The van der Waals surface area contributed by atoms with Crippen molar-refractivity contribution in [3.63, 3.8) is 0 Å². The van der Waals surface area contributed by atoms with Crippen molar-refractivity contribution >= 4 is 41.8 Å². The summed E-state index contributed by atoms with van der Waals surface area (Å²) in [5.41, 5.74) is 1.50. The van der Waals surface area contributed by atoms with Gasteiger partial charge in [-0.05, 0) is 44.4 Å². The first-order valence-electron chi connectivity index (χ1n) is 9.20. The molecule has 2 rings (SSSR count). The van der Waals surface area contributed by atoms with Crippen LogP contribution in [0.1, 0.15) is 42.6 Å². The zero-order valence-corrected chi connectivity index (χ0v) is 18.3. The molecule has 1 aliphatic rings. The van der Waals surface area contributed by atoms with Crippen molar-refractivity contribution in [1.29, 1.82) is 0 Å². The van der Waals surface area contributed by atoms with Gasteiger partial charge in [0, 0.05) is 19.6 Å². The third-order valence-electron chi connectivity index (χ3n) is 4.09. The van der Waals surface area contributed by atoms with Gasteiger partial charge in [0.05, 0.1) is 25.3 Å². The Morgan fingerprint density at radius 3 is 2.37 bits per heavy atom. The van der Waals surface area contributed by atoms with Crippen LogP contribution in [-0.4, -0.2) is 55.5 Å². The number of ether oxygens (including phenoxy) is 1. The number of hydrogen-bond acceptors (Lipinski definition) is 4. The van der Waals surface area contributed by atoms with Crippen molar-refractivity contribution in [3.05, 3.63) is 35.4 Å². The van der Waals surface area contributed by atoms with Crippen molar-refractivity contribution < 1.29 is 14.3 Å². The number of esters is 1. The molecule has 2 N–H and O–H groups in total. The molecular weight excluding hydrogens is 459 g/mol. The number of carbonyl (C=O) groups is 2. The molecule has 1 aromatic rings. The molecular formula is C19H29IN4O3. The van der Waals surface area contributed by atoms with Crippen LogP contribution in [0.2, 0.25) is 0 Å². The van der Waals surface area contributed by atoms with Gasteiger partial charge < -0.3 is 20.3 Å². The number of benzene rings is 1. The first-order chi connectivity index (χ1) is 12.6. The van der Waals surface area contributed by atoms with Gasteiger partial charge in [0.25, 0.3) is 0 Å². The average Bonchev–Trinajstić information content (AvgIpc) is 3.19. The molecule has 0 radical (unpaired) electrons. The van der Waals surface area contributed by atoms with Gasteiger partial charge in [-0.2, -0.15) is 0 Å². The lowest BCUT2D eigenvalue weighted by molar-refractivity contribution is -0.128. The van der Waals surface area contributed by atoms with Crippen LogP contribution in [-0.2, 0) is 16.1 Å². The van der Waals surface area contributed by atoms with Gasteiger partial charge in [-0.25, -0.2) is 9.79 Å². The van der Waals surface area contributed by atoms with Crippen LogP contribution >= 0.6 is 24.0 Å². The molecule has 1 heterocycles. The highest BCUT2D eigenvalue weighted by Crippen LogP contribution is 2.08. The number of nitrogens with zero attached hydrogens (tertiary/aromatic N) is 2. The summed E-state index contributed by atoms with van der Waals surface area (Å²) in [5.74, 6) is 0.388. The smallest absolute Gasteiger partial charge is 0.338 e. The topological polar surface area (TPSA) is 83.0 Å². The average molecular weight is 488 g/mol. The van der Waals surface area contributed by atoms with Crippen molar-refractivity contribution in [1.82, 2.24) is 15.5 Å². The number of hydrogen-bond donors (Lipinski definition) is 2. The number of likely N-dealkylation sites (tertiary alicyclic amines) is 1. The fourth-order valence-electron chi connectivity index (χ4n) is 2.71. The number of rotatable bonds is 7. The third kappa shape index (κ3) is 7.74. The van der Waals surface area contributed by atoms with E-state index in [1.165, 1.54) is 0 Å². The zero-order chi connectivity index (χ0) is 18.8. The highest BCUT2D eigenvalue weighted by Gasteiger charge is 2.17. The van der Waals surface area contributed by atoms with Crippen molar-refractivity contribution in [2.45, 2.75) is 33.2 Å². The molecule has 7 nitrogen and oxygen atoms in total. The van der Waals surface area contributed by atoms with Crippen LogP contribution in [0.15, 0.2) is 29.3 Å². The van der Waals surface area contributed by atoms with Gasteiger partial charge in [0.2, 0.25) is 5.91 Å². The molecule has 0 aromatic heterocycles. The minimum atomic E-state index is -0.321. The van der Waals surface area contributed by atoms with Gasteiger partial charge in [0.15, 0.2) is 5.96 Å². The third-order valence-corrected chi connectivity index (χ3v) is 4.09. The second kappa shape index (κ2) is 12.5. The largest absolute Gasteiger partial charge is 0.462 e. The number of carbonyl (C=O) groups excluding carboxylic acids is 2. The summed E-state index contributed by atoms with van der Waals surface area (Å²) in [4.78, 5) is 30.2. The normalized spacial score (nSPS) is 13.7. The van der Waals surface area contributed by atoms with Crippen LogP contribution in [0.25, 0.3) is 0 Å². The van der Waals surface area contributed by atoms with Gasteiger partial charge in [0.1, 0.15) is 0 Å². The van der Waals surface area contributed by atoms with Gasteiger partial charge in [-0.15, -0.1) is 24.0 Å². The van der Waals surface area contributed by atoms with Gasteiger partial charge in [-0.1, -0.05) is 12.1 Å². The van der Waals surface area contributed by atoms with E-state index < -0.39 is 0 Å². The van der Waals surface area contributed by atoms with E-state index in [0.717, 1.165) is 31.5 Å². The number of halogens is 1. The molecule has 1 fully saturated rings. The Morgan fingerprint density at radius 2 is 1.78 bits per heavy atom. The zero-order valence-electron chi connectivity index (χ0n) is 16.0. The van der Waals surface area contributed by atoms with Crippen LogP contribution < -0.4 is 10.6 Å². The Hall–Kier alpha value is -1.84. The molecule has 0 bridgehead atoms. The predicted octanol–water partition coefficient (Wildman–Crippen LogP) is 2.16. The molecule has 0 atom stereocenters. The highest BCUT2D eigenvalue weighted by molar-refractivity contribution is 14.0. The second-order valence-corrected chi connectivity index (χ2v) is 6.05. The molecule has 8 heteroatoms. The van der Waals surface area contributed by atoms with Crippen LogP contribution in [0.4, 0.5) is 0 Å². The highest BCUT2D eigenvalue weighted by atomic mass is 127. The summed E-state index contributed by atoms with van der Waals surface area (Å²) in [6.45, 7) is 7.23. The van der Waals surface area contributed by atoms with E-state index >= 15 is 0 Å². The molecule has 1 amide bonds. The molecule has 27 heavy (non-hydrogen) atoms. The van der Waals surface area contributed by atoms with E-state index in [-0.39, 0.29) is 42.4 Å². The summed E-state index contributed by atoms with van der Waals surface area (Å²) in [5, 5.41) is 6.23. The molecule has 1 saturated heterocycles. The number of aliphatic imine (C=N–C) groups is 1. The van der Waals surface area contributed by atoms with E-state index in [9.17, 15) is 9.59 Å². The Kier molecular flexibility index (Phi) is 10.8. The lowest BCUT2D eigenvalue weighted by Crippen LogP contribution is -2.44. The summed E-state index contributed by atoms with van der Waals surface area (Å²) in [7, 11) is 0. The van der Waals surface area contributed by atoms with Gasteiger partial charge >= 0.3 is 5.97 Å². The molecule has 0 spiro atoms. The van der Waals surface area contributed by atoms with Crippen molar-refractivity contribution in [2.75, 3.05) is 32.8 Å². The fraction of sp³-hybridized carbons (Fsp3) is 0.526. The molecule has 1 aliphatic heterocycles. The summed E-state index contributed by atoms with van der Waals surface area (Å²) in [6.07, 6.45) is 2.17. The predicted molar refractivity (Wildman–Crippen MR) is 116 cm³/mol. The maximum absolute atomic E-state index is 12.1. The minimum Gasteiger partial charge on any atom is -0.462 e. The standard InChI is InChI=1S/C19H28N4O3.HI/c1-3-20-19(22-14-17(24)23-11-5-6-12-23)21-13-15-7-9-16(10-8-15)18(25)26-4-2;/h7-10H,3-6,11-14H2,1-2H3,(H2,20,21,22);1H. The summed E-state index contributed by atoms with van der Waals surface area (Å²) >= 11 is 0. The van der Waals surface area contributed by atoms with Crippen LogP contribution in [0.3, 0.4) is 0 Å². The minimum absolute atomic E-state index is 0. The Bertz CT molecular complexity index is 628. The molecule has 150 valence electrons. The second-order valence-electron chi connectivity index (χ2n) is 6.05. The molecule has 0 saturated carbocycles. The lowest BCUT2D eigenvalue weighted by atomic mass is 10.1. The van der Waals surface area contributed by atoms with E-state index in [0.29, 0.717) is 31.2 Å². The van der Waals surface area contributed by atoms with E-state index in [1.807, 2.05) is 24.0 Å². The summed E-state index contributed by atoms with van der Waals surface area (Å²) < 4.78 is 4.97. The molecule has 0 aliphatic carbocycles. The van der Waals surface area contributed by atoms with E-state index in [2.05, 4.69) is 15.6 Å². The maximum atomic E-state index is 12.1. The van der Waals surface area contributed by atoms with Gasteiger partial charge in [-0.3, -0.25) is 4.79 Å². The van der Waals surface area contributed by atoms with Crippen LogP contribution in [0.5, 0.6) is 0 Å². The monoisotopic (exact) mass is 488 g/mol. The summed E-state index contributed by atoms with van der Waals surface area (Å²) in [6, 6.07) is 7.18. The Labute approximate surface area is 178 Å². The SMILES string of the molecule is CCNC(=NCc1ccc(C(=O)OCC)cc1)NCC(=O)N1CCCC1.I. The number of nitrogens with one attached hydrogen (secondary N) is 2. The van der Waals surface area contributed by atoms with Crippen molar-refractivity contribution in [2.24, 2.45) is 4.99 Å². The molecule has 0 unspecified atom stereocenters. The van der Waals surface area contributed by atoms with Crippen molar-refractivity contribution in [3.8, 4) is 0 Å².